The zero-order valence-electron chi connectivity index (χ0n) is 49.8. The second kappa shape index (κ2) is 53.1. The fourth-order valence-electron chi connectivity index (χ4n) is 8.70. The molecule has 0 aromatic rings. The number of hydrogen-bond acceptors (Lipinski definition) is 15. The summed E-state index contributed by atoms with van der Waals surface area (Å²) in [4.78, 5) is 71.8. The first-order valence-electron chi connectivity index (χ1n) is 31.1. The largest absolute Gasteiger partial charge is 0.472 e. The van der Waals surface area contributed by atoms with E-state index < -0.39 is 97.5 Å². The lowest BCUT2D eigenvalue weighted by Crippen LogP contribution is -2.30. The molecule has 0 aliphatic rings. The van der Waals surface area contributed by atoms with Crippen molar-refractivity contribution < 1.29 is 80.2 Å². The summed E-state index contributed by atoms with van der Waals surface area (Å²) in [5, 5.41) is 10.5. The number of phosphoric acid groups is 2. The van der Waals surface area contributed by atoms with Crippen LogP contribution in [-0.4, -0.2) is 96.7 Å². The predicted octanol–water partition coefficient (Wildman–Crippen LogP) is 15.8. The molecule has 0 aliphatic heterocycles. The fourth-order valence-corrected chi connectivity index (χ4v) is 10.3. The van der Waals surface area contributed by atoms with Gasteiger partial charge in [0, 0.05) is 25.7 Å². The minimum atomic E-state index is -4.94. The molecule has 19 heteroatoms. The minimum absolute atomic E-state index is 0.104. The number of aliphatic hydroxyl groups is 1. The third-order valence-corrected chi connectivity index (χ3v) is 15.4. The second-order valence-electron chi connectivity index (χ2n) is 21.9. The van der Waals surface area contributed by atoms with Gasteiger partial charge in [-0.05, 0) is 31.6 Å². The molecule has 0 radical (unpaired) electrons. The van der Waals surface area contributed by atoms with E-state index >= 15 is 0 Å². The standard InChI is InChI=1S/C59H114O17P2/c1-6-9-12-15-18-21-24-28-33-38-43-57(62)70-49-55(76-59(64)45-40-35-30-25-26-31-36-41-52(4)5)51-74-78(67,68)72-47-53(60)46-71-77(65,66)73-50-54(75-58(63)44-39-34-29-23-20-17-14-11-8-3)48-69-56(61)42-37-32-27-22-19-16-13-10-7-2/h52-55,60H,6-51H2,1-5H3,(H,65,66)(H,67,68)/t53-,54+,55+/m0/s1. The Kier molecular flexibility index (Phi) is 51.8. The molecule has 78 heavy (non-hydrogen) atoms. The Labute approximate surface area is 473 Å². The summed E-state index contributed by atoms with van der Waals surface area (Å²) in [6, 6.07) is 0. The molecule has 17 nitrogen and oxygen atoms in total. The van der Waals surface area contributed by atoms with Gasteiger partial charge >= 0.3 is 39.5 Å². The van der Waals surface area contributed by atoms with Gasteiger partial charge in [-0.25, -0.2) is 9.13 Å². The monoisotopic (exact) mass is 1160 g/mol. The third kappa shape index (κ3) is 53.4. The Morgan fingerprint density at radius 2 is 0.590 bits per heavy atom. The van der Waals surface area contributed by atoms with Crippen molar-refractivity contribution in [1.29, 1.82) is 0 Å². The number of rotatable bonds is 59. The average Bonchev–Trinajstić information content (AvgIpc) is 3.40. The Morgan fingerprint density at radius 1 is 0.346 bits per heavy atom. The Hall–Kier alpha value is -1.94. The number of unbranched alkanes of at least 4 members (excludes halogenated alkanes) is 31. The van der Waals surface area contributed by atoms with E-state index in [1.54, 1.807) is 0 Å². The summed E-state index contributed by atoms with van der Waals surface area (Å²) in [6.45, 7) is 7.05. The molecule has 2 unspecified atom stereocenters. The van der Waals surface area contributed by atoms with Gasteiger partial charge in [-0.3, -0.25) is 37.3 Å². The first-order valence-corrected chi connectivity index (χ1v) is 34.1. The normalized spacial score (nSPS) is 14.4. The quantitative estimate of drug-likeness (QED) is 0.0222. The highest BCUT2D eigenvalue weighted by Gasteiger charge is 2.30. The number of ether oxygens (including phenoxy) is 4. The van der Waals surface area contributed by atoms with Gasteiger partial charge in [0.05, 0.1) is 26.4 Å². The first kappa shape index (κ1) is 76.1. The lowest BCUT2D eigenvalue weighted by molar-refractivity contribution is -0.161. The van der Waals surface area contributed by atoms with Crippen LogP contribution in [0.15, 0.2) is 0 Å². The van der Waals surface area contributed by atoms with E-state index in [-0.39, 0.29) is 25.7 Å². The highest BCUT2D eigenvalue weighted by Crippen LogP contribution is 2.45. The number of carbonyl (C=O) groups excluding carboxylic acids is 4. The molecule has 462 valence electrons. The Balaban J connectivity index is 5.22. The van der Waals surface area contributed by atoms with E-state index in [0.717, 1.165) is 89.9 Å². The number of esters is 4. The molecule has 0 fully saturated rings. The summed E-state index contributed by atoms with van der Waals surface area (Å²) in [5.41, 5.74) is 0. The molecule has 0 spiro atoms. The number of aliphatic hydroxyl groups excluding tert-OH is 1. The molecule has 0 amide bonds. The minimum Gasteiger partial charge on any atom is -0.462 e. The van der Waals surface area contributed by atoms with Gasteiger partial charge in [-0.2, -0.15) is 0 Å². The first-order chi connectivity index (χ1) is 37.5. The lowest BCUT2D eigenvalue weighted by Gasteiger charge is -2.21. The van der Waals surface area contributed by atoms with Crippen LogP contribution in [0.5, 0.6) is 0 Å². The second-order valence-corrected chi connectivity index (χ2v) is 24.8. The highest BCUT2D eigenvalue weighted by atomic mass is 31.2. The zero-order valence-corrected chi connectivity index (χ0v) is 51.6. The molecule has 0 saturated heterocycles. The molecule has 0 heterocycles. The summed E-state index contributed by atoms with van der Waals surface area (Å²) >= 11 is 0. The molecule has 0 bridgehead atoms. The maximum absolute atomic E-state index is 12.9. The van der Waals surface area contributed by atoms with Crippen molar-refractivity contribution in [2.24, 2.45) is 5.92 Å². The van der Waals surface area contributed by atoms with Gasteiger partial charge < -0.3 is 33.8 Å². The Morgan fingerprint density at radius 3 is 0.872 bits per heavy atom. The van der Waals surface area contributed by atoms with Gasteiger partial charge in [0.1, 0.15) is 19.3 Å². The summed E-state index contributed by atoms with van der Waals surface area (Å²) in [7, 11) is -9.87. The van der Waals surface area contributed by atoms with Crippen molar-refractivity contribution in [1.82, 2.24) is 0 Å². The van der Waals surface area contributed by atoms with Crippen LogP contribution in [0, 0.1) is 5.92 Å². The van der Waals surface area contributed by atoms with E-state index in [2.05, 4.69) is 34.6 Å². The maximum Gasteiger partial charge on any atom is 0.472 e. The van der Waals surface area contributed by atoms with Gasteiger partial charge in [0.15, 0.2) is 12.2 Å². The summed E-state index contributed by atoms with van der Waals surface area (Å²) in [5.74, 6) is -1.45. The SMILES string of the molecule is CCCCCCCCCCCCC(=O)OC[C@H](COP(=O)(O)OC[C@@H](O)COP(=O)(O)OC[C@@H](COC(=O)CCCCCCCCCCC)OC(=O)CCCCCCCCCCC)OC(=O)CCCCCCCCCC(C)C. The van der Waals surface area contributed by atoms with Crippen molar-refractivity contribution in [3.8, 4) is 0 Å². The molecule has 0 aromatic carbocycles. The van der Waals surface area contributed by atoms with Crippen molar-refractivity contribution in [2.75, 3.05) is 39.6 Å². The third-order valence-electron chi connectivity index (χ3n) is 13.5. The topological polar surface area (TPSA) is 237 Å². The van der Waals surface area contributed by atoms with Gasteiger partial charge in [0.2, 0.25) is 0 Å². The molecule has 0 saturated carbocycles. The van der Waals surface area contributed by atoms with E-state index in [9.17, 15) is 43.2 Å². The van der Waals surface area contributed by atoms with Crippen LogP contribution >= 0.6 is 15.6 Å². The van der Waals surface area contributed by atoms with E-state index in [1.807, 2.05) is 0 Å². The van der Waals surface area contributed by atoms with Gasteiger partial charge in [-0.1, -0.05) is 240 Å². The van der Waals surface area contributed by atoms with Crippen LogP contribution in [0.4, 0.5) is 0 Å². The van der Waals surface area contributed by atoms with Crippen LogP contribution in [-0.2, 0) is 65.4 Å². The van der Waals surface area contributed by atoms with Crippen LogP contribution in [0.25, 0.3) is 0 Å². The van der Waals surface area contributed by atoms with Crippen LogP contribution in [0.2, 0.25) is 0 Å². The number of phosphoric ester groups is 2. The lowest BCUT2D eigenvalue weighted by atomic mass is 10.0. The molecule has 0 aliphatic carbocycles. The van der Waals surface area contributed by atoms with Crippen LogP contribution in [0.3, 0.4) is 0 Å². The fraction of sp³-hybridized carbons (Fsp3) is 0.932. The van der Waals surface area contributed by atoms with Crippen molar-refractivity contribution >= 4 is 39.5 Å². The molecular weight excluding hydrogens is 1040 g/mol. The predicted molar refractivity (Wildman–Crippen MR) is 308 cm³/mol. The zero-order chi connectivity index (χ0) is 57.8. The van der Waals surface area contributed by atoms with Crippen LogP contribution < -0.4 is 0 Å². The molecule has 5 atom stereocenters. The van der Waals surface area contributed by atoms with Crippen molar-refractivity contribution in [3.05, 3.63) is 0 Å². The summed E-state index contributed by atoms with van der Waals surface area (Å²) in [6.07, 6.45) is 34.9. The number of carbonyl (C=O) groups is 4. The summed E-state index contributed by atoms with van der Waals surface area (Å²) < 4.78 is 67.7. The van der Waals surface area contributed by atoms with Crippen LogP contribution in [0.1, 0.15) is 291 Å². The smallest absolute Gasteiger partial charge is 0.462 e. The van der Waals surface area contributed by atoms with Gasteiger partial charge in [0.25, 0.3) is 0 Å². The van der Waals surface area contributed by atoms with Crippen molar-refractivity contribution in [3.63, 3.8) is 0 Å². The van der Waals surface area contributed by atoms with Gasteiger partial charge in [-0.15, -0.1) is 0 Å². The average molecular weight is 1160 g/mol. The van der Waals surface area contributed by atoms with E-state index in [0.29, 0.717) is 31.6 Å². The van der Waals surface area contributed by atoms with E-state index in [4.69, 9.17) is 37.0 Å². The molecule has 3 N–H and O–H groups in total. The molecule has 0 rings (SSSR count). The van der Waals surface area contributed by atoms with E-state index in [1.165, 1.54) is 116 Å². The van der Waals surface area contributed by atoms with Crippen molar-refractivity contribution in [2.45, 2.75) is 310 Å². The maximum atomic E-state index is 12.9. The molecular formula is C59H114O17P2. The Bertz CT molecular complexity index is 1530. The molecule has 0 aromatic heterocycles. The highest BCUT2D eigenvalue weighted by molar-refractivity contribution is 7.47. The number of hydrogen-bond donors (Lipinski definition) is 3.